The van der Waals surface area contributed by atoms with E-state index in [1.165, 1.54) is 25.3 Å². The van der Waals surface area contributed by atoms with E-state index in [1.54, 1.807) is 0 Å². The minimum Gasteiger partial charge on any atom is -0.507 e. The highest BCUT2D eigenvalue weighted by Crippen LogP contribution is 2.38. The zero-order chi connectivity index (χ0) is 21.1. The summed E-state index contributed by atoms with van der Waals surface area (Å²) < 4.78 is 0. The number of aromatic carboxylic acids is 1. The largest absolute Gasteiger partial charge is 0.507 e. The van der Waals surface area contributed by atoms with Crippen LogP contribution in [0.1, 0.15) is 21.5 Å². The van der Waals surface area contributed by atoms with Crippen molar-refractivity contribution in [2.24, 2.45) is 4.99 Å². The van der Waals surface area contributed by atoms with Crippen molar-refractivity contribution < 1.29 is 30.3 Å². The number of phenols is 3. The fourth-order valence-corrected chi connectivity index (χ4v) is 2.88. The van der Waals surface area contributed by atoms with Gasteiger partial charge in [0.2, 0.25) is 0 Å². The van der Waals surface area contributed by atoms with E-state index in [1.807, 2.05) is 0 Å². The Balaban J connectivity index is 2.21. The molecule has 3 aromatic rings. The van der Waals surface area contributed by atoms with Gasteiger partial charge in [-0.15, -0.1) is 0 Å². The number of aliphatic hydroxyl groups excluding tert-OH is 1. The molecule has 0 radical (unpaired) electrons. The van der Waals surface area contributed by atoms with Crippen molar-refractivity contribution in [3.8, 4) is 17.2 Å². The number of benzene rings is 2. The average Bonchev–Trinajstić information content (AvgIpc) is 2.70. The van der Waals surface area contributed by atoms with E-state index in [0.29, 0.717) is 19.6 Å². The van der Waals surface area contributed by atoms with Gasteiger partial charge in [0, 0.05) is 24.9 Å². The van der Waals surface area contributed by atoms with Gasteiger partial charge >= 0.3 is 5.97 Å². The van der Waals surface area contributed by atoms with Crippen molar-refractivity contribution in [3.05, 3.63) is 28.8 Å². The Kier molecular flexibility index (Phi) is 5.76. The molecule has 0 aliphatic carbocycles. The lowest BCUT2D eigenvalue weighted by molar-refractivity contribution is 0.0699. The highest BCUT2D eigenvalue weighted by molar-refractivity contribution is 6.08. The van der Waals surface area contributed by atoms with Crippen molar-refractivity contribution >= 4 is 34.3 Å². The Morgan fingerprint density at radius 3 is 2.48 bits per heavy atom. The van der Waals surface area contributed by atoms with Gasteiger partial charge in [0.1, 0.15) is 39.3 Å². The molecule has 0 atom stereocenters. The normalized spacial score (nSPS) is 11.7. The van der Waals surface area contributed by atoms with Gasteiger partial charge in [-0.2, -0.15) is 0 Å². The smallest absolute Gasteiger partial charge is 0.337 e. The number of rotatable bonds is 7. The van der Waals surface area contributed by atoms with Gasteiger partial charge in [0.25, 0.3) is 0 Å². The van der Waals surface area contributed by atoms with Crippen LogP contribution in [-0.4, -0.2) is 73.9 Å². The van der Waals surface area contributed by atoms with Gasteiger partial charge < -0.3 is 30.8 Å². The van der Waals surface area contributed by atoms with E-state index in [0.717, 1.165) is 0 Å². The molecule has 29 heavy (non-hydrogen) atoms. The molecule has 0 unspecified atom stereocenters. The van der Waals surface area contributed by atoms with Crippen LogP contribution in [0.25, 0.3) is 22.1 Å². The number of phenolic OH excluding ortho intramolecular Hbond substituents is 3. The Hall–Kier alpha value is -3.50. The van der Waals surface area contributed by atoms with E-state index in [-0.39, 0.29) is 62.6 Å². The molecule has 1 heterocycles. The van der Waals surface area contributed by atoms with Gasteiger partial charge in [-0.05, 0) is 19.1 Å². The lowest BCUT2D eigenvalue weighted by atomic mass is 10.0. The minimum atomic E-state index is -1.25. The number of aliphatic imine (C=N–C) groups is 1. The summed E-state index contributed by atoms with van der Waals surface area (Å²) in [5.74, 6) is -2.12. The highest BCUT2D eigenvalue weighted by Gasteiger charge is 2.21. The Morgan fingerprint density at radius 1 is 1.07 bits per heavy atom. The summed E-state index contributed by atoms with van der Waals surface area (Å²) in [7, 11) is 0. The molecule has 0 saturated heterocycles. The lowest BCUT2D eigenvalue weighted by Crippen LogP contribution is -2.21. The van der Waals surface area contributed by atoms with Gasteiger partial charge in [0.15, 0.2) is 0 Å². The van der Waals surface area contributed by atoms with E-state index in [9.17, 15) is 25.2 Å². The number of hydrogen-bond acceptors (Lipinski definition) is 9. The van der Waals surface area contributed by atoms with Gasteiger partial charge in [-0.3, -0.25) is 4.99 Å². The van der Waals surface area contributed by atoms with Gasteiger partial charge in [-0.1, -0.05) is 0 Å². The number of hydrogen-bond donors (Lipinski definition) is 6. The summed E-state index contributed by atoms with van der Waals surface area (Å²) in [6, 6.07) is 2.40. The third-order valence-corrected chi connectivity index (χ3v) is 4.40. The third kappa shape index (κ3) is 3.75. The monoisotopic (exact) mass is 400 g/mol. The third-order valence-electron chi connectivity index (χ3n) is 4.40. The van der Waals surface area contributed by atoms with Crippen LogP contribution in [0.4, 0.5) is 0 Å². The summed E-state index contributed by atoms with van der Waals surface area (Å²) in [6.07, 6.45) is 1.38. The van der Waals surface area contributed by atoms with Crippen LogP contribution in [0, 0.1) is 6.92 Å². The first kappa shape index (κ1) is 20.2. The SMILES string of the molecule is Cc1c(O)c(/C=N/CCNCCO)c2nc3c(O)ccc(C(=O)O)c3nc2c1O. The molecule has 0 saturated carbocycles. The fraction of sp³-hybridized carbons (Fsp3) is 0.263. The molecule has 10 nitrogen and oxygen atoms in total. The van der Waals surface area contributed by atoms with Crippen LogP contribution in [0.2, 0.25) is 0 Å². The summed E-state index contributed by atoms with van der Waals surface area (Å²) in [4.78, 5) is 24.2. The fourth-order valence-electron chi connectivity index (χ4n) is 2.88. The van der Waals surface area contributed by atoms with Crippen molar-refractivity contribution in [1.29, 1.82) is 0 Å². The van der Waals surface area contributed by atoms with E-state index >= 15 is 0 Å². The Morgan fingerprint density at radius 2 is 1.79 bits per heavy atom. The van der Waals surface area contributed by atoms with Crippen LogP contribution in [0.5, 0.6) is 17.2 Å². The predicted octanol–water partition coefficient (Wildman–Crippen LogP) is 0.907. The summed E-state index contributed by atoms with van der Waals surface area (Å²) in [6.45, 7) is 2.79. The molecule has 3 rings (SSSR count). The predicted molar refractivity (Wildman–Crippen MR) is 106 cm³/mol. The van der Waals surface area contributed by atoms with Crippen LogP contribution in [0.15, 0.2) is 17.1 Å². The molecule has 0 amide bonds. The quantitative estimate of drug-likeness (QED) is 0.192. The number of aromatic nitrogens is 2. The van der Waals surface area contributed by atoms with E-state index in [2.05, 4.69) is 20.3 Å². The first-order valence-corrected chi connectivity index (χ1v) is 8.79. The Bertz CT molecular complexity index is 1130. The molecule has 1 aromatic heterocycles. The molecular weight excluding hydrogens is 380 g/mol. The maximum Gasteiger partial charge on any atom is 0.337 e. The maximum absolute atomic E-state index is 11.5. The lowest BCUT2D eigenvalue weighted by Gasteiger charge is -2.12. The number of nitrogens with zero attached hydrogens (tertiary/aromatic N) is 3. The molecule has 10 heteroatoms. The molecule has 0 aliphatic heterocycles. The second-order valence-electron chi connectivity index (χ2n) is 6.30. The second kappa shape index (κ2) is 8.25. The number of nitrogens with one attached hydrogen (secondary N) is 1. The van der Waals surface area contributed by atoms with Crippen molar-refractivity contribution in [2.75, 3.05) is 26.2 Å². The van der Waals surface area contributed by atoms with Gasteiger partial charge in [-0.25, -0.2) is 14.8 Å². The van der Waals surface area contributed by atoms with Crippen LogP contribution < -0.4 is 5.32 Å². The number of aliphatic hydroxyl groups is 1. The number of carbonyl (C=O) groups is 1. The van der Waals surface area contributed by atoms with E-state index in [4.69, 9.17) is 5.11 Å². The van der Waals surface area contributed by atoms with Crippen LogP contribution >= 0.6 is 0 Å². The zero-order valence-electron chi connectivity index (χ0n) is 15.5. The summed E-state index contributed by atoms with van der Waals surface area (Å²) in [5.41, 5.74) is 0.0575. The van der Waals surface area contributed by atoms with Crippen molar-refractivity contribution in [2.45, 2.75) is 6.92 Å². The van der Waals surface area contributed by atoms with E-state index < -0.39 is 5.97 Å². The minimum absolute atomic E-state index is 0.0107. The van der Waals surface area contributed by atoms with Crippen molar-refractivity contribution in [1.82, 2.24) is 15.3 Å². The molecule has 0 aliphatic rings. The molecule has 2 aromatic carbocycles. The zero-order valence-corrected chi connectivity index (χ0v) is 15.5. The number of carboxylic acids is 1. The molecular formula is C19H20N4O6. The first-order valence-electron chi connectivity index (χ1n) is 8.79. The maximum atomic E-state index is 11.5. The molecule has 0 spiro atoms. The Labute approximate surface area is 164 Å². The second-order valence-corrected chi connectivity index (χ2v) is 6.30. The number of carboxylic acid groups (broad SMARTS) is 1. The molecule has 0 bridgehead atoms. The molecule has 0 fully saturated rings. The van der Waals surface area contributed by atoms with Crippen molar-refractivity contribution in [3.63, 3.8) is 0 Å². The first-order chi connectivity index (χ1) is 13.9. The van der Waals surface area contributed by atoms with Crippen LogP contribution in [-0.2, 0) is 0 Å². The van der Waals surface area contributed by atoms with Gasteiger partial charge in [0.05, 0.1) is 24.3 Å². The summed E-state index contributed by atoms with van der Waals surface area (Å²) >= 11 is 0. The average molecular weight is 400 g/mol. The van der Waals surface area contributed by atoms with Crippen LogP contribution in [0.3, 0.4) is 0 Å². The molecule has 6 N–H and O–H groups in total. The standard InChI is InChI=1S/C19H20N4O6/c1-9-17(26)11(8-21-5-4-20-6-7-24)14-16(18(9)27)23-13-10(19(28)29)2-3-12(25)15(13)22-14/h2-3,8,20,24-27H,4-7H2,1H3,(H,28,29)/b21-8+. The topological polar surface area (TPSA) is 168 Å². The highest BCUT2D eigenvalue weighted by atomic mass is 16.4. The number of aromatic hydroxyl groups is 3. The summed E-state index contributed by atoms with van der Waals surface area (Å²) in [5, 5.41) is 52.1. The molecule has 152 valence electrons. The number of fused-ring (bicyclic) bond motifs is 2.